The minimum atomic E-state index is -0.372. The summed E-state index contributed by atoms with van der Waals surface area (Å²) in [7, 11) is 3.03. The molecular weight excluding hydrogens is 450 g/mol. The highest BCUT2D eigenvalue weighted by Gasteiger charge is 2.27. The maximum atomic E-state index is 13.3. The van der Waals surface area contributed by atoms with Gasteiger partial charge in [-0.25, -0.2) is 0 Å². The van der Waals surface area contributed by atoms with Gasteiger partial charge < -0.3 is 28.7 Å². The Labute approximate surface area is 203 Å². The lowest BCUT2D eigenvalue weighted by Crippen LogP contribution is -2.35. The van der Waals surface area contributed by atoms with E-state index in [0.717, 1.165) is 11.3 Å². The van der Waals surface area contributed by atoms with Crippen LogP contribution in [0, 0.1) is 0 Å². The number of ether oxygens (including phenoxy) is 2. The summed E-state index contributed by atoms with van der Waals surface area (Å²) in [4.78, 5) is 40.9. The predicted molar refractivity (Wildman–Crippen MR) is 129 cm³/mol. The molecule has 35 heavy (non-hydrogen) atoms. The lowest BCUT2D eigenvalue weighted by atomic mass is 10.1. The van der Waals surface area contributed by atoms with Gasteiger partial charge in [-0.1, -0.05) is 12.1 Å². The van der Waals surface area contributed by atoms with Gasteiger partial charge in [-0.05, 0) is 36.8 Å². The van der Waals surface area contributed by atoms with Gasteiger partial charge in [-0.3, -0.25) is 14.4 Å². The summed E-state index contributed by atoms with van der Waals surface area (Å²) in [6.45, 7) is 2.87. The summed E-state index contributed by atoms with van der Waals surface area (Å²) in [5.74, 6) is 1.15. The van der Waals surface area contributed by atoms with Crippen molar-refractivity contribution in [3.63, 3.8) is 0 Å². The SMILES string of the molecule is COc1ccc(CC(=O)N2CCc3c(C(=O)N[C@H](C)c4ccco4)c(OC)cc(=O)n3CC2)cc1. The molecule has 0 saturated heterocycles. The molecule has 0 saturated carbocycles. The van der Waals surface area contributed by atoms with Crippen molar-refractivity contribution >= 4 is 11.8 Å². The number of hydrogen-bond acceptors (Lipinski definition) is 6. The molecule has 4 rings (SSSR count). The second-order valence-corrected chi connectivity index (χ2v) is 8.39. The standard InChI is InChI=1S/C26H29N3O6/c1-17(21-5-4-14-35-21)27-26(32)25-20-10-11-28(12-13-29(20)24(31)16-22(25)34-3)23(30)15-18-6-8-19(33-2)9-7-18/h4-9,14,16-17H,10-13,15H2,1-3H3,(H,27,32)/t17-/m1/s1. The number of nitrogens with one attached hydrogen (secondary N) is 1. The molecule has 3 aromatic rings. The van der Waals surface area contributed by atoms with E-state index < -0.39 is 0 Å². The van der Waals surface area contributed by atoms with Crippen LogP contribution < -0.4 is 20.3 Å². The molecule has 0 bridgehead atoms. The van der Waals surface area contributed by atoms with Gasteiger partial charge >= 0.3 is 0 Å². The lowest BCUT2D eigenvalue weighted by Gasteiger charge is -2.20. The van der Waals surface area contributed by atoms with Crippen molar-refractivity contribution in [2.45, 2.75) is 32.4 Å². The summed E-state index contributed by atoms with van der Waals surface area (Å²) < 4.78 is 17.5. The Hall–Kier alpha value is -4.01. The molecule has 0 aliphatic carbocycles. The average Bonchev–Trinajstić information content (AvgIpc) is 3.31. The van der Waals surface area contributed by atoms with Gasteiger partial charge in [0.15, 0.2) is 0 Å². The second kappa shape index (κ2) is 10.5. The second-order valence-electron chi connectivity index (χ2n) is 8.39. The number of pyridine rings is 1. The molecule has 9 nitrogen and oxygen atoms in total. The molecular formula is C26H29N3O6. The number of furan rings is 1. The van der Waals surface area contributed by atoms with E-state index in [4.69, 9.17) is 13.9 Å². The third kappa shape index (κ3) is 5.24. The number of aromatic nitrogens is 1. The van der Waals surface area contributed by atoms with Crippen LogP contribution in [0.4, 0.5) is 0 Å². The normalized spacial score (nSPS) is 14.0. The highest BCUT2D eigenvalue weighted by Crippen LogP contribution is 2.24. The Morgan fingerprint density at radius 1 is 1.09 bits per heavy atom. The van der Waals surface area contributed by atoms with Gasteiger partial charge in [-0.15, -0.1) is 0 Å². The van der Waals surface area contributed by atoms with Crippen molar-refractivity contribution in [3.8, 4) is 11.5 Å². The summed E-state index contributed by atoms with van der Waals surface area (Å²) in [5.41, 5.74) is 1.47. The predicted octanol–water partition coefficient (Wildman–Crippen LogP) is 2.58. The molecule has 2 amide bonds. The largest absolute Gasteiger partial charge is 0.497 e. The number of carbonyl (C=O) groups excluding carboxylic acids is 2. The van der Waals surface area contributed by atoms with E-state index in [1.807, 2.05) is 31.2 Å². The molecule has 1 aromatic carbocycles. The summed E-state index contributed by atoms with van der Waals surface area (Å²) in [5, 5.41) is 2.92. The molecule has 0 unspecified atom stereocenters. The van der Waals surface area contributed by atoms with Crippen LogP contribution >= 0.6 is 0 Å². The van der Waals surface area contributed by atoms with Crippen LogP contribution in [-0.4, -0.2) is 48.6 Å². The van der Waals surface area contributed by atoms with Gasteiger partial charge in [0.25, 0.3) is 11.5 Å². The lowest BCUT2D eigenvalue weighted by molar-refractivity contribution is -0.130. The molecule has 1 atom stereocenters. The third-order valence-corrected chi connectivity index (χ3v) is 6.23. The van der Waals surface area contributed by atoms with Crippen LogP contribution in [0.3, 0.4) is 0 Å². The number of benzene rings is 1. The van der Waals surface area contributed by atoms with E-state index >= 15 is 0 Å². The number of methoxy groups -OCH3 is 2. The Kier molecular flexibility index (Phi) is 7.24. The van der Waals surface area contributed by atoms with Crippen LogP contribution in [0.5, 0.6) is 11.5 Å². The molecule has 1 N–H and O–H groups in total. The number of fused-ring (bicyclic) bond motifs is 1. The minimum Gasteiger partial charge on any atom is -0.497 e. The molecule has 0 fully saturated rings. The number of rotatable bonds is 7. The van der Waals surface area contributed by atoms with E-state index in [1.165, 1.54) is 13.2 Å². The Morgan fingerprint density at radius 2 is 1.86 bits per heavy atom. The van der Waals surface area contributed by atoms with Crippen LogP contribution in [0.1, 0.15) is 40.3 Å². The third-order valence-electron chi connectivity index (χ3n) is 6.23. The molecule has 184 valence electrons. The van der Waals surface area contributed by atoms with Gasteiger partial charge in [0.1, 0.15) is 22.8 Å². The fourth-order valence-corrected chi connectivity index (χ4v) is 4.31. The van der Waals surface area contributed by atoms with E-state index in [-0.39, 0.29) is 35.6 Å². The van der Waals surface area contributed by atoms with Crippen molar-refractivity contribution in [2.24, 2.45) is 0 Å². The fraction of sp³-hybridized carbons (Fsp3) is 0.346. The van der Waals surface area contributed by atoms with Gasteiger partial charge in [0.2, 0.25) is 5.91 Å². The van der Waals surface area contributed by atoms with E-state index in [1.54, 1.807) is 35.0 Å². The van der Waals surface area contributed by atoms with Crippen molar-refractivity contribution in [1.82, 2.24) is 14.8 Å². The number of carbonyl (C=O) groups is 2. The number of nitrogens with zero attached hydrogens (tertiary/aromatic N) is 2. The summed E-state index contributed by atoms with van der Waals surface area (Å²) in [6, 6.07) is 11.9. The average molecular weight is 480 g/mol. The maximum Gasteiger partial charge on any atom is 0.257 e. The zero-order valence-corrected chi connectivity index (χ0v) is 20.1. The van der Waals surface area contributed by atoms with E-state index in [0.29, 0.717) is 43.1 Å². The first kappa shape index (κ1) is 24.1. The Bertz CT molecular complexity index is 1250. The van der Waals surface area contributed by atoms with Crippen molar-refractivity contribution in [2.75, 3.05) is 27.3 Å². The maximum absolute atomic E-state index is 13.3. The van der Waals surface area contributed by atoms with Crippen molar-refractivity contribution < 1.29 is 23.5 Å². The Morgan fingerprint density at radius 3 is 2.51 bits per heavy atom. The molecule has 0 radical (unpaired) electrons. The summed E-state index contributed by atoms with van der Waals surface area (Å²) >= 11 is 0. The molecule has 2 aromatic heterocycles. The fourth-order valence-electron chi connectivity index (χ4n) is 4.31. The first-order chi connectivity index (χ1) is 16.9. The minimum absolute atomic E-state index is 0.0413. The van der Waals surface area contributed by atoms with Gasteiger partial charge in [0, 0.05) is 37.8 Å². The van der Waals surface area contributed by atoms with Crippen LogP contribution in [0.25, 0.3) is 0 Å². The van der Waals surface area contributed by atoms with Crippen LogP contribution in [0.2, 0.25) is 0 Å². The quantitative estimate of drug-likeness (QED) is 0.559. The van der Waals surface area contributed by atoms with E-state index in [2.05, 4.69) is 5.32 Å². The Balaban J connectivity index is 1.55. The zero-order chi connectivity index (χ0) is 24.9. The topological polar surface area (TPSA) is 103 Å². The highest BCUT2D eigenvalue weighted by atomic mass is 16.5. The van der Waals surface area contributed by atoms with Gasteiger partial charge in [-0.2, -0.15) is 0 Å². The van der Waals surface area contributed by atoms with Gasteiger partial charge in [0.05, 0.1) is 32.9 Å². The van der Waals surface area contributed by atoms with E-state index in [9.17, 15) is 14.4 Å². The number of hydrogen-bond donors (Lipinski definition) is 1. The molecule has 9 heteroatoms. The van der Waals surface area contributed by atoms with Crippen molar-refractivity contribution in [3.05, 3.63) is 81.7 Å². The first-order valence-corrected chi connectivity index (χ1v) is 11.5. The monoisotopic (exact) mass is 479 g/mol. The first-order valence-electron chi connectivity index (χ1n) is 11.5. The number of amides is 2. The van der Waals surface area contributed by atoms with Crippen LogP contribution in [0.15, 0.2) is 57.9 Å². The molecule has 3 heterocycles. The smallest absolute Gasteiger partial charge is 0.257 e. The zero-order valence-electron chi connectivity index (χ0n) is 20.1. The molecule has 1 aliphatic rings. The molecule has 1 aliphatic heterocycles. The van der Waals surface area contributed by atoms with Crippen LogP contribution in [-0.2, 0) is 24.2 Å². The summed E-state index contributed by atoms with van der Waals surface area (Å²) in [6.07, 6.45) is 2.13. The van der Waals surface area contributed by atoms with Crippen molar-refractivity contribution in [1.29, 1.82) is 0 Å². The highest BCUT2D eigenvalue weighted by molar-refractivity contribution is 5.98. The molecule has 0 spiro atoms.